The molecule has 7 heteroatoms. The molecular formula is C26H23NO6. The van der Waals surface area contributed by atoms with Gasteiger partial charge in [0.25, 0.3) is 0 Å². The lowest BCUT2D eigenvalue weighted by Crippen LogP contribution is -2.09. The standard InChI is InChI=1S/C26H23NO6/c27-23(30)8-3-1-2-5-15-6-4-7-20(24(15)26(31)32)25-18-11-9-16(28)13-21(18)33-22-14-17(29)10-12-19(22)25/h4,6-7,9-14,28H,1-3,5,8H2,(H2,27,30)(H,31,32). The molecule has 168 valence electrons. The molecule has 2 aliphatic rings. The Morgan fingerprint density at radius 2 is 1.76 bits per heavy atom. The molecule has 2 aromatic carbocycles. The smallest absolute Gasteiger partial charge is 0.336 e. The highest BCUT2D eigenvalue weighted by Gasteiger charge is 2.23. The number of amides is 1. The molecule has 0 spiro atoms. The van der Waals surface area contributed by atoms with E-state index < -0.39 is 5.97 Å². The monoisotopic (exact) mass is 445 g/mol. The number of aryl methyl sites for hydroxylation is 1. The van der Waals surface area contributed by atoms with Crippen molar-refractivity contribution in [3.8, 4) is 28.2 Å². The fourth-order valence-electron chi connectivity index (χ4n) is 4.21. The zero-order valence-electron chi connectivity index (χ0n) is 17.8. The van der Waals surface area contributed by atoms with Crippen LogP contribution in [0.4, 0.5) is 0 Å². The SMILES string of the molecule is NC(=O)CCCCCc1cccc(-c2c3ccc(=O)cc-3oc3cc(O)ccc23)c1C(=O)O. The summed E-state index contributed by atoms with van der Waals surface area (Å²) in [7, 11) is 0. The molecule has 0 radical (unpaired) electrons. The Morgan fingerprint density at radius 1 is 0.939 bits per heavy atom. The summed E-state index contributed by atoms with van der Waals surface area (Å²) in [5, 5.41) is 20.7. The highest BCUT2D eigenvalue weighted by molar-refractivity contribution is 6.08. The highest BCUT2D eigenvalue weighted by atomic mass is 16.4. The van der Waals surface area contributed by atoms with Gasteiger partial charge in [0.05, 0.1) is 5.56 Å². The molecule has 0 aromatic heterocycles. The van der Waals surface area contributed by atoms with Crippen molar-refractivity contribution < 1.29 is 24.2 Å². The van der Waals surface area contributed by atoms with Crippen LogP contribution < -0.4 is 11.2 Å². The number of carboxylic acid groups (broad SMARTS) is 1. The Morgan fingerprint density at radius 3 is 2.52 bits per heavy atom. The van der Waals surface area contributed by atoms with Crippen molar-refractivity contribution in [2.24, 2.45) is 5.73 Å². The average Bonchev–Trinajstić information content (AvgIpc) is 2.76. The number of hydrogen-bond acceptors (Lipinski definition) is 5. The van der Waals surface area contributed by atoms with E-state index >= 15 is 0 Å². The van der Waals surface area contributed by atoms with Crippen LogP contribution >= 0.6 is 0 Å². The van der Waals surface area contributed by atoms with E-state index in [2.05, 4.69) is 0 Å². The molecule has 4 rings (SSSR count). The third kappa shape index (κ3) is 4.57. The van der Waals surface area contributed by atoms with Crippen LogP contribution in [0.1, 0.15) is 41.6 Å². The van der Waals surface area contributed by atoms with E-state index in [0.717, 1.165) is 12.8 Å². The molecule has 0 bridgehead atoms. The number of rotatable bonds is 8. The van der Waals surface area contributed by atoms with E-state index in [4.69, 9.17) is 10.2 Å². The summed E-state index contributed by atoms with van der Waals surface area (Å²) >= 11 is 0. The maximum Gasteiger partial charge on any atom is 0.336 e. The van der Waals surface area contributed by atoms with Crippen molar-refractivity contribution in [2.75, 3.05) is 0 Å². The van der Waals surface area contributed by atoms with Gasteiger partial charge in [-0.2, -0.15) is 0 Å². The molecule has 2 aromatic rings. The summed E-state index contributed by atoms with van der Waals surface area (Å²) < 4.78 is 5.87. The molecule has 1 aliphatic carbocycles. The summed E-state index contributed by atoms with van der Waals surface area (Å²) in [6.07, 6.45) is 2.98. The maximum absolute atomic E-state index is 12.4. The van der Waals surface area contributed by atoms with Gasteiger partial charge in [-0.25, -0.2) is 4.79 Å². The van der Waals surface area contributed by atoms with E-state index in [0.29, 0.717) is 58.2 Å². The molecular weight excluding hydrogens is 422 g/mol. The van der Waals surface area contributed by atoms with Gasteiger partial charge in [-0.1, -0.05) is 24.6 Å². The maximum atomic E-state index is 12.4. The molecule has 4 N–H and O–H groups in total. The van der Waals surface area contributed by atoms with E-state index in [1.54, 1.807) is 24.3 Å². The van der Waals surface area contributed by atoms with E-state index in [9.17, 15) is 24.6 Å². The van der Waals surface area contributed by atoms with Gasteiger partial charge in [0.1, 0.15) is 17.1 Å². The first-order valence-corrected chi connectivity index (χ1v) is 10.7. The lowest BCUT2D eigenvalue weighted by atomic mass is 9.87. The van der Waals surface area contributed by atoms with Gasteiger partial charge in [0.15, 0.2) is 5.43 Å². The zero-order valence-corrected chi connectivity index (χ0v) is 17.8. The number of carbonyl (C=O) groups is 2. The van der Waals surface area contributed by atoms with Crippen LogP contribution in [0.3, 0.4) is 0 Å². The van der Waals surface area contributed by atoms with Gasteiger partial charge < -0.3 is 20.4 Å². The van der Waals surface area contributed by atoms with Gasteiger partial charge in [-0.15, -0.1) is 0 Å². The number of aromatic hydroxyl groups is 1. The number of nitrogens with two attached hydrogens (primary N) is 1. The Hall–Kier alpha value is -4.13. The van der Waals surface area contributed by atoms with Crippen molar-refractivity contribution in [3.05, 3.63) is 75.9 Å². The number of carbonyl (C=O) groups excluding carboxylic acids is 1. The first-order chi connectivity index (χ1) is 15.8. The second-order valence-corrected chi connectivity index (χ2v) is 7.99. The molecule has 33 heavy (non-hydrogen) atoms. The van der Waals surface area contributed by atoms with Crippen LogP contribution in [-0.2, 0) is 11.2 Å². The zero-order chi connectivity index (χ0) is 23.5. The van der Waals surface area contributed by atoms with E-state index in [-0.39, 0.29) is 22.6 Å². The van der Waals surface area contributed by atoms with Crippen LogP contribution in [0.2, 0.25) is 0 Å². The number of carboxylic acids is 1. The fraction of sp³-hybridized carbons (Fsp3) is 0.192. The molecule has 1 amide bonds. The third-order valence-corrected chi connectivity index (χ3v) is 5.68. The normalized spacial score (nSPS) is 11.2. The van der Waals surface area contributed by atoms with Gasteiger partial charge in [0.2, 0.25) is 5.91 Å². The summed E-state index contributed by atoms with van der Waals surface area (Å²) in [5.74, 6) is -1.09. The van der Waals surface area contributed by atoms with Crippen molar-refractivity contribution in [3.63, 3.8) is 0 Å². The number of aromatic carboxylic acids is 1. The number of phenolic OH excluding ortho intramolecular Hbond substituents is 1. The lowest BCUT2D eigenvalue weighted by Gasteiger charge is -2.18. The van der Waals surface area contributed by atoms with Crippen molar-refractivity contribution >= 4 is 22.8 Å². The van der Waals surface area contributed by atoms with Gasteiger partial charge in [0, 0.05) is 35.1 Å². The number of primary amides is 1. The van der Waals surface area contributed by atoms with Gasteiger partial charge in [-0.3, -0.25) is 9.59 Å². The van der Waals surface area contributed by atoms with Gasteiger partial charge >= 0.3 is 5.97 Å². The van der Waals surface area contributed by atoms with Crippen molar-refractivity contribution in [2.45, 2.75) is 32.1 Å². The molecule has 0 unspecified atom stereocenters. The Kier molecular flexibility index (Phi) is 6.13. The second kappa shape index (κ2) is 9.16. The van der Waals surface area contributed by atoms with Gasteiger partial charge in [-0.05, 0) is 54.7 Å². The van der Waals surface area contributed by atoms with Crippen LogP contribution in [-0.4, -0.2) is 22.1 Å². The Balaban J connectivity index is 1.88. The predicted octanol–water partition coefficient (Wildman–Crippen LogP) is 4.56. The van der Waals surface area contributed by atoms with Crippen LogP contribution in [0, 0.1) is 0 Å². The second-order valence-electron chi connectivity index (χ2n) is 7.99. The first kappa shape index (κ1) is 22.1. The Labute approximate surface area is 189 Å². The predicted molar refractivity (Wildman–Crippen MR) is 125 cm³/mol. The summed E-state index contributed by atoms with van der Waals surface area (Å²) in [5.41, 5.74) is 7.89. The quantitative estimate of drug-likeness (QED) is 0.269. The average molecular weight is 445 g/mol. The van der Waals surface area contributed by atoms with Crippen LogP contribution in [0.5, 0.6) is 5.75 Å². The highest BCUT2D eigenvalue weighted by Crippen LogP contribution is 2.42. The minimum Gasteiger partial charge on any atom is -0.508 e. The fourth-order valence-corrected chi connectivity index (χ4v) is 4.21. The van der Waals surface area contributed by atoms with Crippen LogP contribution in [0.15, 0.2) is 63.8 Å². The molecule has 1 aliphatic heterocycles. The molecule has 7 nitrogen and oxygen atoms in total. The first-order valence-electron chi connectivity index (χ1n) is 10.7. The summed E-state index contributed by atoms with van der Waals surface area (Å²) in [4.78, 5) is 35.3. The minimum absolute atomic E-state index is 0.00185. The summed E-state index contributed by atoms with van der Waals surface area (Å²) in [6.45, 7) is 0. The largest absolute Gasteiger partial charge is 0.508 e. The molecule has 0 atom stereocenters. The molecule has 1 heterocycles. The van der Waals surface area contributed by atoms with E-state index in [1.807, 2.05) is 6.07 Å². The number of hydrogen-bond donors (Lipinski definition) is 3. The Bertz CT molecular complexity index is 1390. The number of unbranched alkanes of at least 4 members (excludes halogenated alkanes) is 2. The third-order valence-electron chi connectivity index (χ3n) is 5.68. The minimum atomic E-state index is -1.06. The molecule has 0 saturated carbocycles. The molecule has 0 fully saturated rings. The van der Waals surface area contributed by atoms with Crippen molar-refractivity contribution in [1.29, 1.82) is 0 Å². The number of benzene rings is 3. The number of fused-ring (bicyclic) bond motifs is 2. The van der Waals surface area contributed by atoms with Crippen molar-refractivity contribution in [1.82, 2.24) is 0 Å². The number of phenols is 1. The molecule has 0 saturated heterocycles. The summed E-state index contributed by atoms with van der Waals surface area (Å²) in [6, 6.07) is 14.4. The van der Waals surface area contributed by atoms with E-state index in [1.165, 1.54) is 24.3 Å². The lowest BCUT2D eigenvalue weighted by molar-refractivity contribution is -0.118. The van der Waals surface area contributed by atoms with Crippen LogP contribution in [0.25, 0.3) is 33.4 Å². The topological polar surface area (TPSA) is 131 Å².